The Morgan fingerprint density at radius 3 is 2.58 bits per heavy atom. The van der Waals surface area contributed by atoms with Crippen LogP contribution in [0.1, 0.15) is 6.42 Å². The van der Waals surface area contributed by atoms with Gasteiger partial charge in [0.15, 0.2) is 0 Å². The number of aromatic nitrogens is 3. The summed E-state index contributed by atoms with van der Waals surface area (Å²) in [7, 11) is -3.57. The lowest BCUT2D eigenvalue weighted by Crippen LogP contribution is -2.35. The first kappa shape index (κ1) is 16.9. The number of nitrogens with zero attached hydrogens (tertiary/aromatic N) is 5. The molecule has 134 valence electrons. The summed E-state index contributed by atoms with van der Waals surface area (Å²) < 4.78 is 28.1. The summed E-state index contributed by atoms with van der Waals surface area (Å²) in [5.74, 6) is 0. The van der Waals surface area contributed by atoms with Crippen LogP contribution in [0.2, 0.25) is 0 Å². The van der Waals surface area contributed by atoms with Gasteiger partial charge in [0.05, 0.1) is 23.0 Å². The molecule has 0 N–H and O–H groups in total. The van der Waals surface area contributed by atoms with Crippen molar-refractivity contribution in [2.24, 2.45) is 0 Å². The smallest absolute Gasteiger partial charge is 0.243 e. The molecule has 1 saturated heterocycles. The number of rotatable bonds is 3. The number of sulfonamides is 1. The summed E-state index contributed by atoms with van der Waals surface area (Å²) in [4.78, 5) is 14.6. The van der Waals surface area contributed by atoms with E-state index in [1.807, 2.05) is 6.07 Å². The lowest BCUT2D eigenvalue weighted by molar-refractivity contribution is 0.433. The van der Waals surface area contributed by atoms with E-state index in [2.05, 4.69) is 19.9 Å². The Morgan fingerprint density at radius 2 is 1.73 bits per heavy atom. The zero-order valence-electron chi connectivity index (χ0n) is 14.2. The van der Waals surface area contributed by atoms with Crippen molar-refractivity contribution in [1.82, 2.24) is 19.3 Å². The minimum absolute atomic E-state index is 0.342. The average molecular weight is 369 g/mol. The van der Waals surface area contributed by atoms with Crippen LogP contribution in [0.3, 0.4) is 0 Å². The average Bonchev–Trinajstić information content (AvgIpc) is 2.95. The molecule has 4 rings (SSSR count). The van der Waals surface area contributed by atoms with E-state index < -0.39 is 10.0 Å². The van der Waals surface area contributed by atoms with Gasteiger partial charge in [0, 0.05) is 49.3 Å². The monoisotopic (exact) mass is 369 g/mol. The quantitative estimate of drug-likeness (QED) is 0.702. The number of pyridine rings is 1. The Balaban J connectivity index is 1.62. The number of hydrogen-bond acceptors (Lipinski definition) is 6. The van der Waals surface area contributed by atoms with Crippen LogP contribution in [0.15, 0.2) is 60.3 Å². The summed E-state index contributed by atoms with van der Waals surface area (Å²) in [5.41, 5.74) is 0.919. The minimum Gasteiger partial charge on any atom is -0.368 e. The van der Waals surface area contributed by atoms with Gasteiger partial charge in [0.1, 0.15) is 6.33 Å². The maximum Gasteiger partial charge on any atom is 0.243 e. The van der Waals surface area contributed by atoms with Crippen molar-refractivity contribution >= 4 is 26.5 Å². The third kappa shape index (κ3) is 3.13. The van der Waals surface area contributed by atoms with E-state index in [1.165, 1.54) is 6.33 Å². The van der Waals surface area contributed by atoms with Crippen molar-refractivity contribution in [3.05, 3.63) is 55.4 Å². The minimum atomic E-state index is -3.57. The molecule has 1 aliphatic heterocycles. The molecule has 0 amide bonds. The normalized spacial score (nSPS) is 16.5. The van der Waals surface area contributed by atoms with E-state index in [0.717, 1.165) is 24.0 Å². The van der Waals surface area contributed by atoms with Gasteiger partial charge in [-0.2, -0.15) is 4.31 Å². The Labute approximate surface area is 152 Å². The fourth-order valence-corrected chi connectivity index (χ4v) is 4.99. The topological polar surface area (TPSA) is 79.3 Å². The van der Waals surface area contributed by atoms with Crippen molar-refractivity contribution < 1.29 is 8.42 Å². The van der Waals surface area contributed by atoms with Crippen LogP contribution in [0.5, 0.6) is 0 Å². The van der Waals surface area contributed by atoms with E-state index in [0.29, 0.717) is 29.9 Å². The van der Waals surface area contributed by atoms with Gasteiger partial charge in [-0.1, -0.05) is 12.1 Å². The van der Waals surface area contributed by atoms with Crippen LogP contribution < -0.4 is 4.90 Å². The van der Waals surface area contributed by atoms with Gasteiger partial charge < -0.3 is 4.90 Å². The maximum absolute atomic E-state index is 13.3. The third-order valence-corrected chi connectivity index (χ3v) is 6.58. The molecule has 26 heavy (non-hydrogen) atoms. The second-order valence-electron chi connectivity index (χ2n) is 6.19. The van der Waals surface area contributed by atoms with Gasteiger partial charge in [0.2, 0.25) is 10.0 Å². The molecule has 1 aromatic carbocycles. The highest BCUT2D eigenvalue weighted by Crippen LogP contribution is 2.26. The van der Waals surface area contributed by atoms with Crippen LogP contribution >= 0.6 is 0 Å². The summed E-state index contributed by atoms with van der Waals surface area (Å²) in [6, 6.07) is 7.07. The van der Waals surface area contributed by atoms with Crippen molar-refractivity contribution in [3.8, 4) is 0 Å². The largest absolute Gasteiger partial charge is 0.368 e. The first-order chi connectivity index (χ1) is 12.7. The molecule has 1 aliphatic rings. The summed E-state index contributed by atoms with van der Waals surface area (Å²) in [6.45, 7) is 2.31. The van der Waals surface area contributed by atoms with Gasteiger partial charge in [-0.25, -0.2) is 18.4 Å². The Kier molecular flexibility index (Phi) is 4.52. The molecule has 0 radical (unpaired) electrons. The van der Waals surface area contributed by atoms with Crippen molar-refractivity contribution in [2.75, 3.05) is 31.1 Å². The summed E-state index contributed by atoms with van der Waals surface area (Å²) >= 11 is 0. The lowest BCUT2D eigenvalue weighted by atomic mass is 10.2. The van der Waals surface area contributed by atoms with E-state index in [-0.39, 0.29) is 0 Å². The first-order valence-electron chi connectivity index (χ1n) is 8.49. The zero-order chi connectivity index (χ0) is 18.0. The summed E-state index contributed by atoms with van der Waals surface area (Å²) in [5, 5.41) is 1.53. The fraction of sp³-hybridized carbons (Fsp3) is 0.278. The number of benzene rings is 1. The second kappa shape index (κ2) is 6.97. The van der Waals surface area contributed by atoms with Crippen LogP contribution in [0, 0.1) is 0 Å². The molecule has 3 heterocycles. The number of hydrogen-bond donors (Lipinski definition) is 0. The molecular formula is C18H19N5O2S. The van der Waals surface area contributed by atoms with Crippen LogP contribution in [-0.4, -0.2) is 53.9 Å². The highest BCUT2D eigenvalue weighted by molar-refractivity contribution is 7.89. The van der Waals surface area contributed by atoms with Gasteiger partial charge in [-0.15, -0.1) is 0 Å². The molecule has 1 fully saturated rings. The van der Waals surface area contributed by atoms with Crippen LogP contribution in [-0.2, 0) is 10.0 Å². The highest BCUT2D eigenvalue weighted by Gasteiger charge is 2.28. The van der Waals surface area contributed by atoms with Crippen molar-refractivity contribution in [2.45, 2.75) is 11.3 Å². The molecule has 0 spiro atoms. The lowest BCUT2D eigenvalue weighted by Gasteiger charge is -2.23. The predicted octanol–water partition coefficient (Wildman–Crippen LogP) is 1.93. The highest BCUT2D eigenvalue weighted by atomic mass is 32.2. The molecular weight excluding hydrogens is 350 g/mol. The SMILES string of the molecule is O=S(=O)(c1cccc2cnccc12)N1CCCN(c2cncnc2)CC1. The third-order valence-electron chi connectivity index (χ3n) is 4.63. The first-order valence-corrected chi connectivity index (χ1v) is 9.93. The van der Waals surface area contributed by atoms with Crippen LogP contribution in [0.25, 0.3) is 10.8 Å². The molecule has 0 aliphatic carbocycles. The molecule has 3 aromatic rings. The van der Waals surface area contributed by atoms with E-state index in [1.54, 1.807) is 47.3 Å². The van der Waals surface area contributed by atoms with Gasteiger partial charge >= 0.3 is 0 Å². The van der Waals surface area contributed by atoms with Crippen molar-refractivity contribution in [1.29, 1.82) is 0 Å². The predicted molar refractivity (Wildman–Crippen MR) is 99.4 cm³/mol. The number of anilines is 1. The molecule has 0 unspecified atom stereocenters. The van der Waals surface area contributed by atoms with Gasteiger partial charge in [-0.3, -0.25) is 4.98 Å². The molecule has 0 saturated carbocycles. The van der Waals surface area contributed by atoms with Gasteiger partial charge in [-0.05, 0) is 18.6 Å². The standard InChI is InChI=1S/C18H19N5O2S/c24-26(25,18-4-1-3-15-11-19-6-5-17(15)18)23-8-2-7-22(9-10-23)16-12-20-14-21-13-16/h1,3-6,11-14H,2,7-10H2. The maximum atomic E-state index is 13.3. The van der Waals surface area contributed by atoms with E-state index in [4.69, 9.17) is 0 Å². The Hall–Kier alpha value is -2.58. The van der Waals surface area contributed by atoms with Gasteiger partial charge in [0.25, 0.3) is 0 Å². The molecule has 0 atom stereocenters. The van der Waals surface area contributed by atoms with E-state index in [9.17, 15) is 8.42 Å². The Morgan fingerprint density at radius 1 is 0.885 bits per heavy atom. The molecule has 7 nitrogen and oxygen atoms in total. The van der Waals surface area contributed by atoms with Crippen LogP contribution in [0.4, 0.5) is 5.69 Å². The number of fused-ring (bicyclic) bond motifs is 1. The molecule has 8 heteroatoms. The summed E-state index contributed by atoms with van der Waals surface area (Å²) in [6.07, 6.45) is 9.08. The molecule has 0 bridgehead atoms. The van der Waals surface area contributed by atoms with Crippen molar-refractivity contribution in [3.63, 3.8) is 0 Å². The molecule has 2 aromatic heterocycles. The fourth-order valence-electron chi connectivity index (χ4n) is 3.30. The Bertz CT molecular complexity index is 1010. The zero-order valence-corrected chi connectivity index (χ0v) is 15.0. The second-order valence-corrected chi connectivity index (χ2v) is 8.10. The van der Waals surface area contributed by atoms with E-state index >= 15 is 0 Å².